The zero-order chi connectivity index (χ0) is 15.1. The van der Waals surface area contributed by atoms with Crippen LogP contribution in [0.2, 0.25) is 0 Å². The summed E-state index contributed by atoms with van der Waals surface area (Å²) < 4.78 is 0. The van der Waals surface area contributed by atoms with Crippen LogP contribution in [0.5, 0.6) is 0 Å². The fourth-order valence-corrected chi connectivity index (χ4v) is 1.82. The molecule has 0 aromatic heterocycles. The summed E-state index contributed by atoms with van der Waals surface area (Å²) in [4.78, 5) is 25.0. The van der Waals surface area contributed by atoms with Crippen molar-refractivity contribution < 1.29 is 14.7 Å². The van der Waals surface area contributed by atoms with Gasteiger partial charge in [-0.3, -0.25) is 9.59 Å². The van der Waals surface area contributed by atoms with Gasteiger partial charge in [0, 0.05) is 20.5 Å². The van der Waals surface area contributed by atoms with E-state index in [1.165, 1.54) is 11.8 Å². The number of nitrogens with one attached hydrogen (secondary N) is 1. The number of amides is 2. The summed E-state index contributed by atoms with van der Waals surface area (Å²) in [5, 5.41) is 12.0. The zero-order valence-corrected chi connectivity index (χ0v) is 12.2. The summed E-state index contributed by atoms with van der Waals surface area (Å²) >= 11 is 0. The second-order valence-electron chi connectivity index (χ2n) is 4.84. The molecule has 2 amide bonds. The Bertz CT molecular complexity index is 472. The van der Waals surface area contributed by atoms with E-state index in [0.717, 1.165) is 0 Å². The van der Waals surface area contributed by atoms with E-state index in [1.807, 2.05) is 0 Å². The number of carbonyl (C=O) groups is 2. The standard InChI is InChI=1S/C15H22N2O3/c1-11(18)7-6-10-16-15(20)13-8-4-5-9-14(13)17(3)12(2)19/h4-5,8-9,11,18H,6-7,10H2,1-3H3,(H,16,20). The van der Waals surface area contributed by atoms with Crippen molar-refractivity contribution in [3.8, 4) is 0 Å². The normalized spacial score (nSPS) is 11.8. The first kappa shape index (κ1) is 16.2. The monoisotopic (exact) mass is 278 g/mol. The molecule has 0 radical (unpaired) electrons. The number of aliphatic hydroxyl groups is 1. The highest BCUT2D eigenvalue weighted by molar-refractivity contribution is 6.04. The molecule has 110 valence electrons. The van der Waals surface area contributed by atoms with Crippen LogP contribution >= 0.6 is 0 Å². The van der Waals surface area contributed by atoms with Gasteiger partial charge in [-0.1, -0.05) is 12.1 Å². The van der Waals surface area contributed by atoms with Gasteiger partial charge in [-0.25, -0.2) is 0 Å². The van der Waals surface area contributed by atoms with Crippen LogP contribution in [0.1, 0.15) is 37.0 Å². The Labute approximate surface area is 119 Å². The molecular weight excluding hydrogens is 256 g/mol. The van der Waals surface area contributed by atoms with Crippen LogP contribution in [0.3, 0.4) is 0 Å². The molecule has 0 aliphatic heterocycles. The van der Waals surface area contributed by atoms with Gasteiger partial charge >= 0.3 is 0 Å². The Hall–Kier alpha value is -1.88. The number of nitrogens with zero attached hydrogens (tertiary/aromatic N) is 1. The van der Waals surface area contributed by atoms with Crippen molar-refractivity contribution in [3.05, 3.63) is 29.8 Å². The van der Waals surface area contributed by atoms with E-state index in [1.54, 1.807) is 38.2 Å². The third-order valence-electron chi connectivity index (χ3n) is 3.07. The fourth-order valence-electron chi connectivity index (χ4n) is 1.82. The molecule has 1 rings (SSSR count). The second kappa shape index (κ2) is 7.65. The minimum atomic E-state index is -0.358. The van der Waals surface area contributed by atoms with Gasteiger partial charge in [0.15, 0.2) is 0 Å². The number of hydrogen-bond acceptors (Lipinski definition) is 3. The maximum absolute atomic E-state index is 12.1. The highest BCUT2D eigenvalue weighted by Crippen LogP contribution is 2.19. The average molecular weight is 278 g/mol. The Morgan fingerprint density at radius 3 is 2.60 bits per heavy atom. The van der Waals surface area contributed by atoms with Crippen LogP contribution in [0, 0.1) is 0 Å². The molecule has 1 atom stereocenters. The third-order valence-corrected chi connectivity index (χ3v) is 3.07. The Morgan fingerprint density at radius 2 is 2.00 bits per heavy atom. The molecule has 2 N–H and O–H groups in total. The van der Waals surface area contributed by atoms with Gasteiger partial charge in [-0.15, -0.1) is 0 Å². The predicted molar refractivity (Wildman–Crippen MR) is 78.8 cm³/mol. The molecule has 5 heteroatoms. The summed E-state index contributed by atoms with van der Waals surface area (Å²) in [7, 11) is 1.64. The molecule has 0 heterocycles. The molecule has 0 saturated heterocycles. The number of para-hydroxylation sites is 1. The Balaban J connectivity index is 2.70. The molecule has 0 saturated carbocycles. The van der Waals surface area contributed by atoms with E-state index < -0.39 is 0 Å². The van der Waals surface area contributed by atoms with Gasteiger partial charge in [0.05, 0.1) is 17.4 Å². The Kier molecular flexibility index (Phi) is 6.18. The average Bonchev–Trinajstić information content (AvgIpc) is 2.42. The molecule has 1 unspecified atom stereocenters. The number of rotatable bonds is 6. The van der Waals surface area contributed by atoms with E-state index >= 15 is 0 Å². The van der Waals surface area contributed by atoms with Crippen LogP contribution in [-0.4, -0.2) is 36.6 Å². The first-order chi connectivity index (χ1) is 9.43. The summed E-state index contributed by atoms with van der Waals surface area (Å²) in [6.45, 7) is 3.68. The highest BCUT2D eigenvalue weighted by atomic mass is 16.3. The van der Waals surface area contributed by atoms with E-state index in [2.05, 4.69) is 5.32 Å². The maximum atomic E-state index is 12.1. The molecule has 0 bridgehead atoms. The largest absolute Gasteiger partial charge is 0.393 e. The lowest BCUT2D eigenvalue weighted by Crippen LogP contribution is -2.29. The number of anilines is 1. The number of carbonyl (C=O) groups excluding carboxylic acids is 2. The SMILES string of the molecule is CC(=O)N(C)c1ccccc1C(=O)NCCCC(C)O. The quantitative estimate of drug-likeness (QED) is 0.776. The molecule has 1 aromatic rings. The second-order valence-corrected chi connectivity index (χ2v) is 4.84. The topological polar surface area (TPSA) is 69.6 Å². The molecule has 20 heavy (non-hydrogen) atoms. The molecule has 0 spiro atoms. The molecule has 1 aromatic carbocycles. The van der Waals surface area contributed by atoms with E-state index in [0.29, 0.717) is 30.6 Å². The molecular formula is C15H22N2O3. The van der Waals surface area contributed by atoms with Gasteiger partial charge in [-0.05, 0) is 31.9 Å². The van der Waals surface area contributed by atoms with Gasteiger partial charge in [0.1, 0.15) is 0 Å². The van der Waals surface area contributed by atoms with Crippen molar-refractivity contribution in [1.29, 1.82) is 0 Å². The van der Waals surface area contributed by atoms with Gasteiger partial charge in [0.2, 0.25) is 5.91 Å². The van der Waals surface area contributed by atoms with E-state index in [9.17, 15) is 9.59 Å². The van der Waals surface area contributed by atoms with E-state index in [4.69, 9.17) is 5.11 Å². The van der Waals surface area contributed by atoms with Crippen LogP contribution in [0.25, 0.3) is 0 Å². The predicted octanol–water partition coefficient (Wildman–Crippen LogP) is 1.56. The summed E-state index contributed by atoms with van der Waals surface area (Å²) in [5.41, 5.74) is 1.07. The molecule has 0 aliphatic rings. The zero-order valence-electron chi connectivity index (χ0n) is 12.2. The molecule has 5 nitrogen and oxygen atoms in total. The van der Waals surface area contributed by atoms with Crippen LogP contribution in [0.15, 0.2) is 24.3 Å². The van der Waals surface area contributed by atoms with Crippen molar-refractivity contribution in [2.45, 2.75) is 32.8 Å². The lowest BCUT2D eigenvalue weighted by Gasteiger charge is -2.18. The van der Waals surface area contributed by atoms with Crippen LogP contribution < -0.4 is 10.2 Å². The summed E-state index contributed by atoms with van der Waals surface area (Å²) in [6.07, 6.45) is 1.01. The highest BCUT2D eigenvalue weighted by Gasteiger charge is 2.15. The molecule has 0 aliphatic carbocycles. The Morgan fingerprint density at radius 1 is 1.35 bits per heavy atom. The lowest BCUT2D eigenvalue weighted by atomic mass is 10.1. The molecule has 0 fully saturated rings. The minimum Gasteiger partial charge on any atom is -0.393 e. The van der Waals surface area contributed by atoms with Crippen molar-refractivity contribution in [2.24, 2.45) is 0 Å². The van der Waals surface area contributed by atoms with Gasteiger partial charge in [-0.2, -0.15) is 0 Å². The minimum absolute atomic E-state index is 0.126. The first-order valence-electron chi connectivity index (χ1n) is 6.73. The van der Waals surface area contributed by atoms with Crippen LogP contribution in [0.4, 0.5) is 5.69 Å². The maximum Gasteiger partial charge on any atom is 0.253 e. The van der Waals surface area contributed by atoms with Gasteiger partial charge in [0.25, 0.3) is 5.91 Å². The van der Waals surface area contributed by atoms with Gasteiger partial charge < -0.3 is 15.3 Å². The van der Waals surface area contributed by atoms with Crippen molar-refractivity contribution in [2.75, 3.05) is 18.5 Å². The number of aliphatic hydroxyl groups excluding tert-OH is 1. The number of benzene rings is 1. The third kappa shape index (κ3) is 4.66. The van der Waals surface area contributed by atoms with Crippen LogP contribution in [-0.2, 0) is 4.79 Å². The van der Waals surface area contributed by atoms with Crippen molar-refractivity contribution >= 4 is 17.5 Å². The van der Waals surface area contributed by atoms with Crippen molar-refractivity contribution in [3.63, 3.8) is 0 Å². The smallest absolute Gasteiger partial charge is 0.253 e. The summed E-state index contributed by atoms with van der Waals surface area (Å²) in [6, 6.07) is 6.99. The van der Waals surface area contributed by atoms with Crippen molar-refractivity contribution in [1.82, 2.24) is 5.32 Å². The first-order valence-corrected chi connectivity index (χ1v) is 6.73. The summed E-state index contributed by atoms with van der Waals surface area (Å²) in [5.74, 6) is -0.335. The number of hydrogen-bond donors (Lipinski definition) is 2. The fraction of sp³-hybridized carbons (Fsp3) is 0.467. The lowest BCUT2D eigenvalue weighted by molar-refractivity contribution is -0.116. The van der Waals surface area contributed by atoms with E-state index in [-0.39, 0.29) is 17.9 Å².